The summed E-state index contributed by atoms with van der Waals surface area (Å²) in [4.78, 5) is 2.23. The average Bonchev–Trinajstić information content (AvgIpc) is 2.25. The van der Waals surface area contributed by atoms with Crippen molar-refractivity contribution in [2.75, 3.05) is 46.0 Å². The lowest BCUT2D eigenvalue weighted by molar-refractivity contribution is -0.323. The molecule has 1 fully saturated rings. The van der Waals surface area contributed by atoms with E-state index >= 15 is 0 Å². The van der Waals surface area contributed by atoms with Gasteiger partial charge in [0.1, 0.15) is 0 Å². The minimum atomic E-state index is -4.53. The van der Waals surface area contributed by atoms with Crippen molar-refractivity contribution in [2.45, 2.75) is 19.3 Å². The number of hydrogen-bond donors (Lipinski definition) is 1. The molecule has 0 radical (unpaired) electrons. The van der Waals surface area contributed by atoms with Gasteiger partial charge in [0.25, 0.3) is 0 Å². The summed E-state index contributed by atoms with van der Waals surface area (Å²) in [6, 6.07) is 0.143. The lowest BCUT2D eigenvalue weighted by atomic mass is 10.3. The predicted molar refractivity (Wildman–Crippen MR) is 56.7 cm³/mol. The molecular weight excluding hydrogens is 237 g/mol. The molecule has 1 rings (SSSR count). The van der Waals surface area contributed by atoms with Crippen LogP contribution in [-0.2, 0) is 9.47 Å². The monoisotopic (exact) mass is 256 g/mol. The van der Waals surface area contributed by atoms with Gasteiger partial charge in [-0.25, -0.2) is 0 Å². The second-order valence-electron chi connectivity index (χ2n) is 4.06. The molecule has 0 bridgehead atoms. The number of nitrogens with zero attached hydrogens (tertiary/aromatic N) is 1. The smallest absolute Gasteiger partial charge is 0.379 e. The normalized spacial score (nSPS) is 20.5. The molecule has 102 valence electrons. The molecule has 7 heteroatoms. The number of alkyl halides is 3. The van der Waals surface area contributed by atoms with Crippen LogP contribution in [0.5, 0.6) is 0 Å². The zero-order valence-electron chi connectivity index (χ0n) is 9.92. The zero-order valence-corrected chi connectivity index (χ0v) is 9.92. The van der Waals surface area contributed by atoms with Gasteiger partial charge in [0.15, 0.2) is 0 Å². The van der Waals surface area contributed by atoms with Crippen molar-refractivity contribution in [1.82, 2.24) is 10.2 Å². The molecule has 0 saturated carbocycles. The highest BCUT2D eigenvalue weighted by Gasteiger charge is 2.28. The number of halogens is 3. The van der Waals surface area contributed by atoms with Gasteiger partial charge in [0, 0.05) is 32.2 Å². The number of hydrogen-bond acceptors (Lipinski definition) is 4. The van der Waals surface area contributed by atoms with Gasteiger partial charge in [-0.15, -0.1) is 13.2 Å². The van der Waals surface area contributed by atoms with Gasteiger partial charge in [-0.05, 0) is 6.92 Å². The maximum Gasteiger partial charge on any atom is 0.522 e. The third kappa shape index (κ3) is 7.54. The van der Waals surface area contributed by atoms with Gasteiger partial charge < -0.3 is 10.1 Å². The predicted octanol–water partition coefficient (Wildman–Crippen LogP) is 0.833. The van der Waals surface area contributed by atoms with E-state index in [1.54, 1.807) is 0 Å². The van der Waals surface area contributed by atoms with Crippen LogP contribution < -0.4 is 5.32 Å². The first-order chi connectivity index (χ1) is 7.97. The molecule has 1 N–H and O–H groups in total. The Morgan fingerprint density at radius 2 is 2.00 bits per heavy atom. The summed E-state index contributed by atoms with van der Waals surface area (Å²) >= 11 is 0. The molecule has 1 aliphatic heterocycles. The quantitative estimate of drug-likeness (QED) is 0.714. The topological polar surface area (TPSA) is 33.7 Å². The summed E-state index contributed by atoms with van der Waals surface area (Å²) in [5.74, 6) is 0. The Morgan fingerprint density at radius 1 is 1.35 bits per heavy atom. The van der Waals surface area contributed by atoms with Gasteiger partial charge in [0.2, 0.25) is 0 Å². The van der Waals surface area contributed by atoms with Crippen LogP contribution in [0.4, 0.5) is 13.2 Å². The first-order valence-corrected chi connectivity index (χ1v) is 5.71. The maximum absolute atomic E-state index is 11.7. The highest BCUT2D eigenvalue weighted by Crippen LogP contribution is 2.15. The van der Waals surface area contributed by atoms with Crippen LogP contribution in [0.1, 0.15) is 6.92 Å². The molecule has 1 heterocycles. The van der Waals surface area contributed by atoms with Crippen LogP contribution in [0, 0.1) is 0 Å². The summed E-state index contributed by atoms with van der Waals surface area (Å²) in [6.45, 7) is 5.82. The number of morpholine rings is 1. The second kappa shape index (κ2) is 7.15. The molecule has 1 saturated heterocycles. The van der Waals surface area contributed by atoms with E-state index in [1.165, 1.54) is 0 Å². The summed E-state index contributed by atoms with van der Waals surface area (Å²) in [7, 11) is 0. The van der Waals surface area contributed by atoms with Crippen LogP contribution in [0.2, 0.25) is 0 Å². The summed E-state index contributed by atoms with van der Waals surface area (Å²) in [5, 5.41) is 3.00. The second-order valence-corrected chi connectivity index (χ2v) is 4.06. The van der Waals surface area contributed by atoms with Gasteiger partial charge >= 0.3 is 6.36 Å². The molecule has 0 amide bonds. The van der Waals surface area contributed by atoms with E-state index in [9.17, 15) is 13.2 Å². The Bertz CT molecular complexity index is 208. The molecular formula is C10H19F3N2O2. The van der Waals surface area contributed by atoms with Gasteiger partial charge in [-0.3, -0.25) is 9.64 Å². The summed E-state index contributed by atoms with van der Waals surface area (Å²) < 4.78 is 43.9. The minimum absolute atomic E-state index is 0.143. The fourth-order valence-electron chi connectivity index (χ4n) is 1.71. The van der Waals surface area contributed by atoms with Crippen molar-refractivity contribution >= 4 is 0 Å². The molecule has 4 nitrogen and oxygen atoms in total. The van der Waals surface area contributed by atoms with Crippen LogP contribution in [-0.4, -0.2) is 63.3 Å². The van der Waals surface area contributed by atoms with E-state index in [-0.39, 0.29) is 19.2 Å². The van der Waals surface area contributed by atoms with Crippen LogP contribution in [0.15, 0.2) is 0 Å². The number of ether oxygens (including phenoxy) is 2. The Hall–Kier alpha value is -0.370. The van der Waals surface area contributed by atoms with E-state index < -0.39 is 6.36 Å². The Labute approximate surface area is 99.1 Å². The Balaban J connectivity index is 2.02. The van der Waals surface area contributed by atoms with Crippen molar-refractivity contribution in [3.05, 3.63) is 0 Å². The van der Waals surface area contributed by atoms with Crippen molar-refractivity contribution < 1.29 is 22.6 Å². The third-order valence-corrected chi connectivity index (χ3v) is 2.50. The minimum Gasteiger partial charge on any atom is -0.379 e. The van der Waals surface area contributed by atoms with E-state index in [1.807, 2.05) is 6.92 Å². The molecule has 1 aliphatic rings. The van der Waals surface area contributed by atoms with E-state index in [0.717, 1.165) is 32.8 Å². The Morgan fingerprint density at radius 3 is 2.59 bits per heavy atom. The molecule has 0 aliphatic carbocycles. The number of rotatable bonds is 6. The van der Waals surface area contributed by atoms with Crippen molar-refractivity contribution in [1.29, 1.82) is 0 Å². The first kappa shape index (κ1) is 14.7. The zero-order chi connectivity index (χ0) is 12.7. The fourth-order valence-corrected chi connectivity index (χ4v) is 1.71. The van der Waals surface area contributed by atoms with Crippen LogP contribution in [0.25, 0.3) is 0 Å². The lowest BCUT2D eigenvalue weighted by Crippen LogP contribution is -2.45. The molecule has 0 aromatic rings. The van der Waals surface area contributed by atoms with Gasteiger partial charge in [-0.1, -0.05) is 0 Å². The maximum atomic E-state index is 11.7. The molecule has 0 aromatic carbocycles. The summed E-state index contributed by atoms with van der Waals surface area (Å²) in [6.07, 6.45) is -4.53. The number of nitrogens with one attached hydrogen (secondary N) is 1. The van der Waals surface area contributed by atoms with Gasteiger partial charge in [0.05, 0.1) is 19.8 Å². The molecule has 17 heavy (non-hydrogen) atoms. The largest absolute Gasteiger partial charge is 0.522 e. The van der Waals surface area contributed by atoms with Gasteiger partial charge in [-0.2, -0.15) is 0 Å². The molecule has 0 spiro atoms. The average molecular weight is 256 g/mol. The lowest BCUT2D eigenvalue weighted by Gasteiger charge is -2.29. The molecule has 1 unspecified atom stereocenters. The highest BCUT2D eigenvalue weighted by atomic mass is 19.4. The van der Waals surface area contributed by atoms with Crippen molar-refractivity contribution in [2.24, 2.45) is 0 Å². The molecule has 0 aromatic heterocycles. The first-order valence-electron chi connectivity index (χ1n) is 5.71. The fraction of sp³-hybridized carbons (Fsp3) is 1.00. The van der Waals surface area contributed by atoms with Crippen molar-refractivity contribution in [3.8, 4) is 0 Å². The third-order valence-electron chi connectivity index (χ3n) is 2.50. The van der Waals surface area contributed by atoms with E-state index in [0.29, 0.717) is 0 Å². The molecule has 1 atom stereocenters. The standard InChI is InChI=1S/C10H19F3N2O2/c1-9(8-15-3-6-16-7-4-15)14-2-5-17-10(11,12)13/h9,14H,2-8H2,1H3. The van der Waals surface area contributed by atoms with Crippen LogP contribution in [0.3, 0.4) is 0 Å². The van der Waals surface area contributed by atoms with E-state index in [4.69, 9.17) is 4.74 Å². The van der Waals surface area contributed by atoms with Crippen LogP contribution >= 0.6 is 0 Å². The summed E-state index contributed by atoms with van der Waals surface area (Å²) in [5.41, 5.74) is 0. The Kier molecular flexibility index (Phi) is 6.18. The highest BCUT2D eigenvalue weighted by molar-refractivity contribution is 4.69. The van der Waals surface area contributed by atoms with Crippen molar-refractivity contribution in [3.63, 3.8) is 0 Å². The SMILES string of the molecule is CC(CN1CCOCC1)NCCOC(F)(F)F. The van der Waals surface area contributed by atoms with E-state index in [2.05, 4.69) is 15.0 Å².